The fraction of sp³-hybridized carbons (Fsp3) is 0.0870. The number of nitrogens with zero attached hydrogens (tertiary/aromatic N) is 2. The first-order valence-electron chi connectivity index (χ1n) is 9.37. The molecule has 5 nitrogen and oxygen atoms in total. The van der Waals surface area contributed by atoms with Crippen molar-refractivity contribution in [1.82, 2.24) is 4.57 Å². The zero-order chi connectivity index (χ0) is 22.1. The van der Waals surface area contributed by atoms with E-state index in [-0.39, 0.29) is 39.5 Å². The predicted octanol–water partition coefficient (Wildman–Crippen LogP) is 1.80. The second kappa shape index (κ2) is 9.69. The quantitative estimate of drug-likeness (QED) is 0.315. The van der Waals surface area contributed by atoms with Gasteiger partial charge >= 0.3 is 0 Å². The summed E-state index contributed by atoms with van der Waals surface area (Å²) in [5.41, 5.74) is 2.03. The molecule has 2 aromatic heterocycles. The molecule has 0 spiro atoms. The van der Waals surface area contributed by atoms with Crippen LogP contribution in [0.2, 0.25) is 10.0 Å². The zero-order valence-electron chi connectivity index (χ0n) is 16.8. The number of anilines is 1. The summed E-state index contributed by atoms with van der Waals surface area (Å²) in [6, 6.07) is 14.5. The highest BCUT2D eigenvalue weighted by atomic mass is 35.5. The number of carbonyl (C=O) groups excluding carboxylic acids is 2. The smallest absolute Gasteiger partial charge is 0.299 e. The van der Waals surface area contributed by atoms with E-state index in [2.05, 4.69) is 4.98 Å². The highest BCUT2D eigenvalue weighted by Crippen LogP contribution is 2.33. The van der Waals surface area contributed by atoms with Crippen molar-refractivity contribution in [2.45, 2.75) is 6.54 Å². The Kier molecular flexibility index (Phi) is 7.19. The third-order valence-corrected chi connectivity index (χ3v) is 5.59. The molecule has 0 bridgehead atoms. The Labute approximate surface area is 199 Å². The van der Waals surface area contributed by atoms with Crippen molar-refractivity contribution in [2.75, 3.05) is 11.9 Å². The van der Waals surface area contributed by atoms with E-state index in [9.17, 15) is 14.0 Å². The van der Waals surface area contributed by atoms with Gasteiger partial charge in [0.05, 0.1) is 32.9 Å². The molecule has 0 atom stereocenters. The van der Waals surface area contributed by atoms with Gasteiger partial charge in [0, 0.05) is 7.05 Å². The van der Waals surface area contributed by atoms with Crippen LogP contribution in [-0.4, -0.2) is 23.3 Å². The monoisotopic (exact) mass is 491 g/mol. The van der Waals surface area contributed by atoms with Crippen LogP contribution >= 0.6 is 23.2 Å². The number of halogens is 4. The lowest BCUT2D eigenvalue weighted by molar-refractivity contribution is -0.349. The van der Waals surface area contributed by atoms with Crippen molar-refractivity contribution >= 4 is 51.6 Å². The van der Waals surface area contributed by atoms with Crippen LogP contribution < -0.4 is 22.3 Å². The maximum Gasteiger partial charge on any atom is 0.299 e. The van der Waals surface area contributed by atoms with Gasteiger partial charge in [-0.15, -0.1) is 0 Å². The van der Waals surface area contributed by atoms with E-state index in [1.54, 1.807) is 54.9 Å². The molecule has 9 heteroatoms. The van der Waals surface area contributed by atoms with Gasteiger partial charge in [-0.05, 0) is 42.0 Å². The molecule has 0 unspecified atom stereocenters. The molecule has 2 aromatic carbocycles. The normalized spacial score (nSPS) is 10.6. The Morgan fingerprint density at radius 2 is 1.69 bits per heavy atom. The first-order valence-corrected chi connectivity index (χ1v) is 10.1. The second-order valence-corrected chi connectivity index (χ2v) is 7.81. The van der Waals surface area contributed by atoms with E-state index in [1.807, 2.05) is 4.57 Å². The maximum atomic E-state index is 13.2. The molecule has 1 N–H and O–H groups in total. The van der Waals surface area contributed by atoms with Crippen molar-refractivity contribution in [2.24, 2.45) is 0 Å². The van der Waals surface area contributed by atoms with Crippen LogP contribution in [0.25, 0.3) is 11.0 Å². The Morgan fingerprint density at radius 1 is 1.03 bits per heavy atom. The van der Waals surface area contributed by atoms with Gasteiger partial charge in [0.15, 0.2) is 0 Å². The molecule has 0 radical (unpaired) electrons. The van der Waals surface area contributed by atoms with Crippen molar-refractivity contribution in [1.29, 1.82) is 0 Å². The van der Waals surface area contributed by atoms with Gasteiger partial charge in [0.1, 0.15) is 18.6 Å². The number of likely N-dealkylation sites (N-methyl/N-ethyl adjacent to an activating group) is 1. The third kappa shape index (κ3) is 4.48. The van der Waals surface area contributed by atoms with Crippen LogP contribution in [0.1, 0.15) is 15.9 Å². The lowest BCUT2D eigenvalue weighted by Crippen LogP contribution is -3.00. The molecule has 0 fully saturated rings. The third-order valence-electron chi connectivity index (χ3n) is 4.98. The summed E-state index contributed by atoms with van der Waals surface area (Å²) in [5, 5.41) is 1.13. The van der Waals surface area contributed by atoms with Crippen LogP contribution in [0, 0.1) is 5.82 Å². The molecule has 0 saturated heterocycles. The van der Waals surface area contributed by atoms with Crippen LogP contribution in [0.5, 0.6) is 0 Å². The summed E-state index contributed by atoms with van der Waals surface area (Å²) in [6.07, 6.45) is 3.35. The number of pyridine rings is 1. The summed E-state index contributed by atoms with van der Waals surface area (Å²) in [6.45, 7) is 0.394. The largest absolute Gasteiger partial charge is 1.00 e. The number of hydrogen-bond donors (Lipinski definition) is 0. The number of aromatic amines is 1. The van der Waals surface area contributed by atoms with Gasteiger partial charge in [-0.2, -0.15) is 0 Å². The number of amides is 1. The molecule has 0 aliphatic carbocycles. The second-order valence-electron chi connectivity index (χ2n) is 6.99. The first-order chi connectivity index (χ1) is 14.9. The van der Waals surface area contributed by atoms with Crippen molar-refractivity contribution in [3.8, 4) is 0 Å². The Morgan fingerprint density at radius 3 is 2.34 bits per heavy atom. The zero-order valence-corrected chi connectivity index (χ0v) is 19.0. The number of carbonyl (C=O) groups is 2. The number of para-hydroxylation sites is 1. The number of rotatable bonds is 5. The molecule has 0 aliphatic rings. The molecular formula is C23H17Cl3FN3O2. The van der Waals surface area contributed by atoms with E-state index in [1.165, 1.54) is 19.2 Å². The van der Waals surface area contributed by atoms with Crippen LogP contribution in [0.4, 0.5) is 10.1 Å². The summed E-state index contributed by atoms with van der Waals surface area (Å²) in [4.78, 5) is 30.4. The Balaban J connectivity index is 0.00000289. The van der Waals surface area contributed by atoms with E-state index in [4.69, 9.17) is 23.2 Å². The minimum Gasteiger partial charge on any atom is -1.00 e. The molecule has 4 aromatic rings. The molecule has 1 amide bonds. The molecule has 4 rings (SSSR count). The molecule has 0 aliphatic heterocycles. The minimum atomic E-state index is -0.764. The Hall–Kier alpha value is -2.93. The molecular weight excluding hydrogens is 476 g/mol. The number of benzene rings is 2. The fourth-order valence-electron chi connectivity index (χ4n) is 3.44. The van der Waals surface area contributed by atoms with Crippen molar-refractivity contribution in [3.05, 3.63) is 94.0 Å². The number of aromatic nitrogens is 2. The number of H-pyrrole nitrogens is 1. The lowest BCUT2D eigenvalue weighted by atomic mass is 10.1. The van der Waals surface area contributed by atoms with Gasteiger partial charge in [-0.1, -0.05) is 41.4 Å². The SMILES string of the molecule is CN(C(=O)C(=O)c1cn(Cc2ccc(F)cc2)c2[nH+]cccc12)c1c(Cl)cccc1Cl.[Cl-]. The predicted molar refractivity (Wildman–Crippen MR) is 118 cm³/mol. The average Bonchev–Trinajstić information content (AvgIpc) is 3.12. The minimum absolute atomic E-state index is 0. The lowest BCUT2D eigenvalue weighted by Gasteiger charge is -2.18. The maximum absolute atomic E-state index is 13.2. The van der Waals surface area contributed by atoms with Gasteiger partial charge in [0.25, 0.3) is 17.3 Å². The van der Waals surface area contributed by atoms with Crippen molar-refractivity contribution < 1.29 is 31.4 Å². The number of hydrogen-bond acceptors (Lipinski definition) is 2. The number of Topliss-reactive ketones (excluding diaryl/α,β-unsaturated/α-hetero) is 1. The van der Waals surface area contributed by atoms with Gasteiger partial charge in [-0.25, -0.2) is 13.9 Å². The molecule has 32 heavy (non-hydrogen) atoms. The van der Waals surface area contributed by atoms with E-state index < -0.39 is 11.7 Å². The van der Waals surface area contributed by atoms with E-state index in [0.717, 1.165) is 10.5 Å². The number of fused-ring (bicyclic) bond motifs is 1. The van der Waals surface area contributed by atoms with Crippen LogP contribution in [-0.2, 0) is 11.3 Å². The highest BCUT2D eigenvalue weighted by molar-refractivity contribution is 6.50. The summed E-state index contributed by atoms with van der Waals surface area (Å²) in [5.74, 6) is -1.78. The van der Waals surface area contributed by atoms with Gasteiger partial charge in [-0.3, -0.25) is 9.59 Å². The van der Waals surface area contributed by atoms with Gasteiger partial charge < -0.3 is 17.3 Å². The van der Waals surface area contributed by atoms with E-state index >= 15 is 0 Å². The average molecular weight is 493 g/mol. The van der Waals surface area contributed by atoms with Gasteiger partial charge in [0.2, 0.25) is 0 Å². The van der Waals surface area contributed by atoms with Crippen LogP contribution in [0.3, 0.4) is 0 Å². The standard InChI is InChI=1S/C23H16Cl2FN3O2.ClH/c1-28(20-18(24)5-2-6-19(20)25)23(31)21(30)17-13-29(22-16(17)4-3-11-27-22)12-14-7-9-15(26)10-8-14;/h2-11,13H,12H2,1H3;1H. The number of nitrogens with one attached hydrogen (secondary N) is 1. The first kappa shape index (κ1) is 23.7. The van der Waals surface area contributed by atoms with Crippen LogP contribution in [0.15, 0.2) is 67.0 Å². The Bertz CT molecular complexity index is 1290. The van der Waals surface area contributed by atoms with Crippen molar-refractivity contribution in [3.63, 3.8) is 0 Å². The van der Waals surface area contributed by atoms with E-state index in [0.29, 0.717) is 17.6 Å². The molecule has 164 valence electrons. The highest BCUT2D eigenvalue weighted by Gasteiger charge is 2.29. The number of ketones is 1. The molecule has 2 heterocycles. The topological polar surface area (TPSA) is 56.5 Å². The molecule has 0 saturated carbocycles. The summed E-state index contributed by atoms with van der Waals surface area (Å²) in [7, 11) is 1.46. The fourth-order valence-corrected chi connectivity index (χ4v) is 4.09. The summed E-state index contributed by atoms with van der Waals surface area (Å²) < 4.78 is 15.0. The summed E-state index contributed by atoms with van der Waals surface area (Å²) >= 11 is 12.4.